The smallest absolute Gasteiger partial charge is 0.144 e. The summed E-state index contributed by atoms with van der Waals surface area (Å²) in [6.45, 7) is 6.66. The Bertz CT molecular complexity index is 1310. The van der Waals surface area contributed by atoms with Crippen molar-refractivity contribution in [3.63, 3.8) is 0 Å². The third-order valence-corrected chi connectivity index (χ3v) is 5.73. The van der Waals surface area contributed by atoms with Gasteiger partial charge in [-0.05, 0) is 46.2 Å². The first kappa shape index (κ1) is 19.3. The van der Waals surface area contributed by atoms with E-state index < -0.39 is 0 Å². The molecule has 5 rings (SSSR count). The minimum Gasteiger partial charge on any atom is -0.456 e. The molecular formula is C29H25NO. The molecule has 2 nitrogen and oxygen atoms in total. The van der Waals surface area contributed by atoms with Crippen molar-refractivity contribution < 1.29 is 4.74 Å². The van der Waals surface area contributed by atoms with Crippen LogP contribution in [0.15, 0.2) is 97.2 Å². The maximum absolute atomic E-state index is 6.52. The summed E-state index contributed by atoms with van der Waals surface area (Å²) in [7, 11) is 0. The first-order valence-corrected chi connectivity index (χ1v) is 10.7. The summed E-state index contributed by atoms with van der Waals surface area (Å²) in [5, 5.41) is 3.24. The largest absolute Gasteiger partial charge is 0.456 e. The SMILES string of the molecule is CC(C)(C)c1ccc(Oc2c3ccccc3c(-c3ccccc3)c3ncccc23)cc1. The Morgan fingerprint density at radius 3 is 2.00 bits per heavy atom. The van der Waals surface area contributed by atoms with Crippen LogP contribution < -0.4 is 4.74 Å². The van der Waals surface area contributed by atoms with E-state index in [1.807, 2.05) is 18.3 Å². The van der Waals surface area contributed by atoms with Crippen molar-refractivity contribution in [3.8, 4) is 22.6 Å². The van der Waals surface area contributed by atoms with Crippen LogP contribution in [0.25, 0.3) is 32.8 Å². The van der Waals surface area contributed by atoms with E-state index in [9.17, 15) is 0 Å². The van der Waals surface area contributed by atoms with E-state index in [-0.39, 0.29) is 5.41 Å². The highest BCUT2D eigenvalue weighted by molar-refractivity contribution is 6.15. The molecule has 0 atom stereocenters. The third-order valence-electron chi connectivity index (χ3n) is 5.73. The van der Waals surface area contributed by atoms with Gasteiger partial charge in [-0.15, -0.1) is 0 Å². The van der Waals surface area contributed by atoms with Crippen molar-refractivity contribution in [2.24, 2.45) is 0 Å². The lowest BCUT2D eigenvalue weighted by atomic mass is 9.87. The van der Waals surface area contributed by atoms with Crippen LogP contribution in [-0.2, 0) is 5.41 Å². The van der Waals surface area contributed by atoms with Gasteiger partial charge in [0, 0.05) is 22.5 Å². The number of fused-ring (bicyclic) bond motifs is 2. The van der Waals surface area contributed by atoms with Crippen molar-refractivity contribution >= 4 is 21.7 Å². The number of pyridine rings is 1. The van der Waals surface area contributed by atoms with Gasteiger partial charge in [-0.2, -0.15) is 0 Å². The minimum absolute atomic E-state index is 0.110. The fraction of sp³-hybridized carbons (Fsp3) is 0.138. The summed E-state index contributed by atoms with van der Waals surface area (Å²) < 4.78 is 6.52. The molecule has 1 heterocycles. The predicted octanol–water partition coefficient (Wildman–Crippen LogP) is 8.14. The number of aromatic nitrogens is 1. The Balaban J connectivity index is 1.74. The molecular weight excluding hydrogens is 378 g/mol. The average molecular weight is 404 g/mol. The maximum atomic E-state index is 6.52. The number of hydrogen-bond donors (Lipinski definition) is 0. The Hall–Kier alpha value is -3.65. The quantitative estimate of drug-likeness (QED) is 0.284. The zero-order valence-corrected chi connectivity index (χ0v) is 18.1. The average Bonchev–Trinajstić information content (AvgIpc) is 2.79. The summed E-state index contributed by atoms with van der Waals surface area (Å²) >= 11 is 0. The molecule has 0 aliphatic carbocycles. The predicted molar refractivity (Wildman–Crippen MR) is 130 cm³/mol. The van der Waals surface area contributed by atoms with Gasteiger partial charge in [0.05, 0.1) is 5.52 Å². The zero-order chi connectivity index (χ0) is 21.4. The van der Waals surface area contributed by atoms with Crippen LogP contribution in [0.5, 0.6) is 11.5 Å². The first-order valence-electron chi connectivity index (χ1n) is 10.7. The second kappa shape index (κ2) is 7.55. The van der Waals surface area contributed by atoms with E-state index in [2.05, 4.69) is 99.6 Å². The van der Waals surface area contributed by atoms with Crippen LogP contribution in [0, 0.1) is 0 Å². The van der Waals surface area contributed by atoms with Gasteiger partial charge in [0.25, 0.3) is 0 Å². The van der Waals surface area contributed by atoms with Gasteiger partial charge in [0.1, 0.15) is 11.5 Å². The molecule has 2 heteroatoms. The molecule has 0 radical (unpaired) electrons. The third kappa shape index (κ3) is 3.55. The molecule has 0 N–H and O–H groups in total. The van der Waals surface area contributed by atoms with Crippen LogP contribution in [0.3, 0.4) is 0 Å². The summed E-state index contributed by atoms with van der Waals surface area (Å²) in [5.74, 6) is 1.68. The second-order valence-corrected chi connectivity index (χ2v) is 8.89. The molecule has 0 spiro atoms. The number of benzene rings is 4. The highest BCUT2D eigenvalue weighted by Gasteiger charge is 2.18. The standard InChI is InChI=1S/C29H25NO/c1-29(2,3)21-15-17-22(18-16-21)31-28-24-13-8-7-12-23(24)26(20-10-5-4-6-11-20)27-25(28)14-9-19-30-27/h4-19H,1-3H3. The first-order chi connectivity index (χ1) is 15.0. The van der Waals surface area contributed by atoms with Gasteiger partial charge in [0.2, 0.25) is 0 Å². The van der Waals surface area contributed by atoms with Gasteiger partial charge in [0.15, 0.2) is 0 Å². The fourth-order valence-corrected chi connectivity index (χ4v) is 4.11. The molecule has 1 aromatic heterocycles. The Morgan fingerprint density at radius 2 is 1.29 bits per heavy atom. The summed E-state index contributed by atoms with van der Waals surface area (Å²) in [6.07, 6.45) is 1.85. The van der Waals surface area contributed by atoms with Crippen molar-refractivity contribution in [1.82, 2.24) is 4.98 Å². The Kier molecular flexibility index (Phi) is 4.71. The molecule has 0 aliphatic rings. The van der Waals surface area contributed by atoms with Crippen molar-refractivity contribution in [1.29, 1.82) is 0 Å². The van der Waals surface area contributed by atoms with Gasteiger partial charge < -0.3 is 4.74 Å². The molecule has 4 aromatic carbocycles. The number of ether oxygens (including phenoxy) is 1. The van der Waals surface area contributed by atoms with Crippen LogP contribution in [0.4, 0.5) is 0 Å². The molecule has 31 heavy (non-hydrogen) atoms. The lowest BCUT2D eigenvalue weighted by molar-refractivity contribution is 0.492. The number of rotatable bonds is 3. The molecule has 0 bridgehead atoms. The molecule has 0 unspecified atom stereocenters. The molecule has 152 valence electrons. The summed E-state index contributed by atoms with van der Waals surface area (Å²) in [5.41, 5.74) is 4.65. The zero-order valence-electron chi connectivity index (χ0n) is 18.1. The van der Waals surface area contributed by atoms with Crippen molar-refractivity contribution in [2.45, 2.75) is 26.2 Å². The highest BCUT2D eigenvalue weighted by Crippen LogP contribution is 2.43. The van der Waals surface area contributed by atoms with Crippen LogP contribution in [0.2, 0.25) is 0 Å². The molecule has 0 saturated heterocycles. The minimum atomic E-state index is 0.110. The van der Waals surface area contributed by atoms with Crippen LogP contribution >= 0.6 is 0 Å². The van der Waals surface area contributed by atoms with E-state index in [4.69, 9.17) is 9.72 Å². The van der Waals surface area contributed by atoms with Gasteiger partial charge >= 0.3 is 0 Å². The summed E-state index contributed by atoms with van der Waals surface area (Å²) in [6, 6.07) is 31.4. The van der Waals surface area contributed by atoms with E-state index >= 15 is 0 Å². The lowest BCUT2D eigenvalue weighted by Gasteiger charge is -2.20. The second-order valence-electron chi connectivity index (χ2n) is 8.89. The monoisotopic (exact) mass is 403 g/mol. The van der Waals surface area contributed by atoms with E-state index in [0.29, 0.717) is 0 Å². The molecule has 0 saturated carbocycles. The van der Waals surface area contributed by atoms with Crippen LogP contribution in [-0.4, -0.2) is 4.98 Å². The number of hydrogen-bond acceptors (Lipinski definition) is 2. The van der Waals surface area contributed by atoms with Gasteiger partial charge in [-0.25, -0.2) is 0 Å². The van der Waals surface area contributed by atoms with Crippen molar-refractivity contribution in [2.75, 3.05) is 0 Å². The fourth-order valence-electron chi connectivity index (χ4n) is 4.11. The molecule has 0 fully saturated rings. The van der Waals surface area contributed by atoms with Crippen molar-refractivity contribution in [3.05, 3.63) is 103 Å². The van der Waals surface area contributed by atoms with E-state index in [1.165, 1.54) is 5.56 Å². The van der Waals surface area contributed by atoms with Gasteiger partial charge in [-0.3, -0.25) is 4.98 Å². The molecule has 0 aliphatic heterocycles. The Labute approximate surface area is 183 Å². The lowest BCUT2D eigenvalue weighted by Crippen LogP contribution is -2.10. The topological polar surface area (TPSA) is 22.1 Å². The van der Waals surface area contributed by atoms with Gasteiger partial charge in [-0.1, -0.05) is 87.5 Å². The molecule has 5 aromatic rings. The van der Waals surface area contributed by atoms with Crippen LogP contribution in [0.1, 0.15) is 26.3 Å². The highest BCUT2D eigenvalue weighted by atomic mass is 16.5. The molecule has 0 amide bonds. The van der Waals surface area contributed by atoms with E-state index in [0.717, 1.165) is 44.3 Å². The maximum Gasteiger partial charge on any atom is 0.144 e. The number of nitrogens with zero attached hydrogens (tertiary/aromatic N) is 1. The normalized spacial score (nSPS) is 11.7. The Morgan fingerprint density at radius 1 is 0.645 bits per heavy atom. The summed E-state index contributed by atoms with van der Waals surface area (Å²) in [4.78, 5) is 4.78. The van der Waals surface area contributed by atoms with E-state index in [1.54, 1.807) is 0 Å².